The molecule has 3 rings (SSSR count). The number of halogens is 1. The van der Waals surface area contributed by atoms with Crippen LogP contribution in [0, 0.1) is 11.3 Å². The molecule has 2 aromatic carbocycles. The molecule has 136 valence electrons. The van der Waals surface area contributed by atoms with Gasteiger partial charge in [0.25, 0.3) is 5.22 Å². The quantitative estimate of drug-likeness (QED) is 0.441. The van der Waals surface area contributed by atoms with Crippen LogP contribution < -0.4 is 0 Å². The molecule has 0 fully saturated rings. The van der Waals surface area contributed by atoms with Crippen LogP contribution in [-0.4, -0.2) is 33.3 Å². The SMILES string of the molecule is N#CCN(Cc1ccccc1)C(=O)CSc1nnc(-c2ccc(Cl)cc2)o1. The van der Waals surface area contributed by atoms with E-state index in [1.807, 2.05) is 36.4 Å². The summed E-state index contributed by atoms with van der Waals surface area (Å²) in [7, 11) is 0. The van der Waals surface area contributed by atoms with E-state index in [0.29, 0.717) is 22.7 Å². The number of nitrogens with zero attached hydrogens (tertiary/aromatic N) is 4. The van der Waals surface area contributed by atoms with Crippen LogP contribution in [0.5, 0.6) is 0 Å². The first kappa shape index (κ1) is 19.0. The Balaban J connectivity index is 1.60. The zero-order valence-corrected chi connectivity index (χ0v) is 15.8. The predicted octanol–water partition coefficient (Wildman–Crippen LogP) is 4.03. The van der Waals surface area contributed by atoms with Gasteiger partial charge in [-0.2, -0.15) is 5.26 Å². The second kappa shape index (κ2) is 9.21. The number of thioether (sulfide) groups is 1. The van der Waals surface area contributed by atoms with Crippen LogP contribution in [0.15, 0.2) is 64.2 Å². The lowest BCUT2D eigenvalue weighted by atomic mass is 10.2. The zero-order chi connectivity index (χ0) is 19.1. The minimum Gasteiger partial charge on any atom is -0.411 e. The molecule has 1 amide bonds. The van der Waals surface area contributed by atoms with Gasteiger partial charge in [0.05, 0.1) is 11.8 Å². The van der Waals surface area contributed by atoms with Crippen LogP contribution in [0.4, 0.5) is 0 Å². The Labute approximate surface area is 165 Å². The number of hydrogen-bond donors (Lipinski definition) is 0. The summed E-state index contributed by atoms with van der Waals surface area (Å²) in [6, 6.07) is 18.6. The standard InChI is InChI=1S/C19H15ClN4O2S/c20-16-8-6-15(7-9-16)18-22-23-19(26-18)27-13-17(25)24(11-10-21)12-14-4-2-1-3-5-14/h1-9H,11-13H2. The molecule has 1 aromatic heterocycles. The third-order valence-electron chi connectivity index (χ3n) is 3.65. The van der Waals surface area contributed by atoms with E-state index >= 15 is 0 Å². The van der Waals surface area contributed by atoms with Crippen LogP contribution in [0.2, 0.25) is 5.02 Å². The van der Waals surface area contributed by atoms with E-state index < -0.39 is 0 Å². The van der Waals surface area contributed by atoms with Crippen molar-refractivity contribution in [1.29, 1.82) is 5.26 Å². The monoisotopic (exact) mass is 398 g/mol. The maximum absolute atomic E-state index is 12.5. The number of hydrogen-bond acceptors (Lipinski definition) is 6. The first-order valence-electron chi connectivity index (χ1n) is 8.06. The molecule has 0 bridgehead atoms. The molecule has 1 heterocycles. The Bertz CT molecular complexity index is 938. The second-order valence-corrected chi connectivity index (χ2v) is 6.93. The van der Waals surface area contributed by atoms with Gasteiger partial charge in [-0.05, 0) is 29.8 Å². The van der Waals surface area contributed by atoms with E-state index in [-0.39, 0.29) is 18.2 Å². The molecule has 0 spiro atoms. The van der Waals surface area contributed by atoms with Gasteiger partial charge in [0, 0.05) is 17.1 Å². The Morgan fingerprint density at radius 1 is 1.15 bits per heavy atom. The Morgan fingerprint density at radius 2 is 1.89 bits per heavy atom. The molecule has 0 saturated carbocycles. The Morgan fingerprint density at radius 3 is 2.59 bits per heavy atom. The highest BCUT2D eigenvalue weighted by Gasteiger charge is 2.16. The largest absolute Gasteiger partial charge is 0.411 e. The average Bonchev–Trinajstić information content (AvgIpc) is 3.16. The summed E-state index contributed by atoms with van der Waals surface area (Å²) < 4.78 is 5.58. The molecule has 0 N–H and O–H groups in total. The van der Waals surface area contributed by atoms with Gasteiger partial charge in [-0.15, -0.1) is 10.2 Å². The summed E-state index contributed by atoms with van der Waals surface area (Å²) in [5.41, 5.74) is 1.72. The number of amides is 1. The third-order valence-corrected chi connectivity index (χ3v) is 4.70. The van der Waals surface area contributed by atoms with Crippen LogP contribution in [0.25, 0.3) is 11.5 Å². The van der Waals surface area contributed by atoms with Crippen molar-refractivity contribution in [3.8, 4) is 17.5 Å². The third kappa shape index (κ3) is 5.33. The van der Waals surface area contributed by atoms with Gasteiger partial charge < -0.3 is 9.32 Å². The van der Waals surface area contributed by atoms with Crippen molar-refractivity contribution in [1.82, 2.24) is 15.1 Å². The summed E-state index contributed by atoms with van der Waals surface area (Å²) in [5.74, 6) is 0.299. The van der Waals surface area contributed by atoms with Gasteiger partial charge in [-0.3, -0.25) is 4.79 Å². The van der Waals surface area contributed by atoms with Crippen molar-refractivity contribution in [2.45, 2.75) is 11.8 Å². The van der Waals surface area contributed by atoms with Crippen molar-refractivity contribution < 1.29 is 9.21 Å². The van der Waals surface area contributed by atoms with Gasteiger partial charge in [0.15, 0.2) is 0 Å². The van der Waals surface area contributed by atoms with Crippen LogP contribution in [-0.2, 0) is 11.3 Å². The van der Waals surface area contributed by atoms with Crippen molar-refractivity contribution in [3.63, 3.8) is 0 Å². The fraction of sp³-hybridized carbons (Fsp3) is 0.158. The lowest BCUT2D eigenvalue weighted by Crippen LogP contribution is -2.32. The van der Waals surface area contributed by atoms with Crippen LogP contribution >= 0.6 is 23.4 Å². The van der Waals surface area contributed by atoms with Crippen LogP contribution in [0.1, 0.15) is 5.56 Å². The molecule has 0 aliphatic heterocycles. The summed E-state index contributed by atoms with van der Waals surface area (Å²) in [4.78, 5) is 14.0. The van der Waals surface area contributed by atoms with E-state index in [9.17, 15) is 4.79 Å². The average molecular weight is 399 g/mol. The highest BCUT2D eigenvalue weighted by atomic mass is 35.5. The number of rotatable bonds is 7. The fourth-order valence-corrected chi connectivity index (χ4v) is 3.11. The minimum atomic E-state index is -0.170. The summed E-state index contributed by atoms with van der Waals surface area (Å²) in [6.45, 7) is 0.405. The van der Waals surface area contributed by atoms with E-state index in [1.165, 1.54) is 4.90 Å². The Hall–Kier alpha value is -2.82. The summed E-state index contributed by atoms with van der Waals surface area (Å²) >= 11 is 7.01. The number of aromatic nitrogens is 2. The first-order chi connectivity index (χ1) is 13.2. The first-order valence-corrected chi connectivity index (χ1v) is 9.43. The lowest BCUT2D eigenvalue weighted by molar-refractivity contribution is -0.128. The lowest BCUT2D eigenvalue weighted by Gasteiger charge is -2.19. The van der Waals surface area contributed by atoms with Crippen molar-refractivity contribution >= 4 is 29.3 Å². The van der Waals surface area contributed by atoms with Crippen molar-refractivity contribution in [2.24, 2.45) is 0 Å². The smallest absolute Gasteiger partial charge is 0.277 e. The predicted molar refractivity (Wildman–Crippen MR) is 103 cm³/mol. The molecule has 27 heavy (non-hydrogen) atoms. The molecule has 0 radical (unpaired) electrons. The highest BCUT2D eigenvalue weighted by Crippen LogP contribution is 2.24. The molecule has 8 heteroatoms. The molecule has 0 aliphatic carbocycles. The van der Waals surface area contributed by atoms with Gasteiger partial charge in [-0.25, -0.2) is 0 Å². The minimum absolute atomic E-state index is 0.0220. The van der Waals surface area contributed by atoms with E-state index in [4.69, 9.17) is 21.3 Å². The van der Waals surface area contributed by atoms with E-state index in [0.717, 1.165) is 22.9 Å². The zero-order valence-electron chi connectivity index (χ0n) is 14.2. The topological polar surface area (TPSA) is 83.0 Å². The molecular formula is C19H15ClN4O2S. The molecular weight excluding hydrogens is 384 g/mol. The van der Waals surface area contributed by atoms with E-state index in [1.54, 1.807) is 24.3 Å². The van der Waals surface area contributed by atoms with Gasteiger partial charge in [0.1, 0.15) is 6.54 Å². The van der Waals surface area contributed by atoms with Gasteiger partial charge >= 0.3 is 0 Å². The molecule has 3 aromatic rings. The van der Waals surface area contributed by atoms with Gasteiger partial charge in [0.2, 0.25) is 11.8 Å². The molecule has 0 unspecified atom stereocenters. The molecule has 6 nitrogen and oxygen atoms in total. The molecule has 0 atom stereocenters. The number of carbonyl (C=O) groups is 1. The number of benzene rings is 2. The van der Waals surface area contributed by atoms with Crippen molar-refractivity contribution in [2.75, 3.05) is 12.3 Å². The number of nitriles is 1. The highest BCUT2D eigenvalue weighted by molar-refractivity contribution is 7.99. The summed E-state index contributed by atoms with van der Waals surface area (Å²) in [6.07, 6.45) is 0. The van der Waals surface area contributed by atoms with E-state index in [2.05, 4.69) is 10.2 Å². The number of carbonyl (C=O) groups excluding carboxylic acids is 1. The maximum Gasteiger partial charge on any atom is 0.277 e. The molecule has 0 saturated heterocycles. The van der Waals surface area contributed by atoms with Gasteiger partial charge in [-0.1, -0.05) is 53.7 Å². The maximum atomic E-state index is 12.5. The molecule has 0 aliphatic rings. The Kier molecular flexibility index (Phi) is 6.47. The summed E-state index contributed by atoms with van der Waals surface area (Å²) in [5, 5.41) is 17.9. The van der Waals surface area contributed by atoms with Crippen molar-refractivity contribution in [3.05, 3.63) is 65.2 Å². The normalized spacial score (nSPS) is 10.4. The van der Waals surface area contributed by atoms with Crippen LogP contribution in [0.3, 0.4) is 0 Å². The fourth-order valence-electron chi connectivity index (χ4n) is 2.31. The second-order valence-electron chi connectivity index (χ2n) is 5.56.